The molecule has 0 radical (unpaired) electrons. The van der Waals surface area contributed by atoms with Crippen molar-refractivity contribution in [2.75, 3.05) is 7.05 Å². The van der Waals surface area contributed by atoms with Gasteiger partial charge in [-0.2, -0.15) is 4.74 Å². The van der Waals surface area contributed by atoms with E-state index in [0.717, 1.165) is 4.74 Å². The molecule has 1 atom stereocenters. The summed E-state index contributed by atoms with van der Waals surface area (Å²) >= 11 is 6.65. The van der Waals surface area contributed by atoms with E-state index in [1.54, 1.807) is 12.1 Å². The average Bonchev–Trinajstić information content (AvgIpc) is 2.60. The number of likely N-dealkylation sites (N-methyl/N-ethyl adjacent to an activating group) is 1. The lowest BCUT2D eigenvalue weighted by atomic mass is 9.94. The molecule has 1 unspecified atom stereocenters. The first-order valence-electron chi connectivity index (χ1n) is 6.62. The molecule has 2 rings (SSSR count). The zero-order valence-electron chi connectivity index (χ0n) is 12.8. The predicted molar refractivity (Wildman–Crippen MR) is 92.3 cm³/mol. The molecule has 0 bridgehead atoms. The number of thiocarbonyl (C=S) groups is 1. The molecular formula is C14H17N3O3S2. The van der Waals surface area contributed by atoms with E-state index in [1.807, 2.05) is 32.7 Å². The van der Waals surface area contributed by atoms with Gasteiger partial charge in [-0.1, -0.05) is 12.2 Å². The number of nitrogens with zero attached hydrogens (tertiary/aromatic N) is 3. The van der Waals surface area contributed by atoms with E-state index in [4.69, 9.17) is 12.2 Å². The fourth-order valence-electron chi connectivity index (χ4n) is 2.16. The van der Waals surface area contributed by atoms with Gasteiger partial charge in [0.05, 0.1) is 4.92 Å². The van der Waals surface area contributed by atoms with Gasteiger partial charge in [0.25, 0.3) is 5.69 Å². The smallest absolute Gasteiger partial charge is 0.269 e. The Kier molecular flexibility index (Phi) is 4.18. The molecule has 0 saturated carbocycles. The highest BCUT2D eigenvalue weighted by Gasteiger charge is 2.59. The molecule has 0 spiro atoms. The molecule has 1 aromatic carbocycles. The molecule has 1 aromatic rings. The maximum absolute atomic E-state index is 12.7. The maximum atomic E-state index is 12.7. The van der Waals surface area contributed by atoms with Crippen LogP contribution < -0.4 is 0 Å². The number of hydrogen-bond acceptors (Lipinski definition) is 5. The van der Waals surface area contributed by atoms with E-state index in [-0.39, 0.29) is 5.69 Å². The van der Waals surface area contributed by atoms with Gasteiger partial charge in [0.2, 0.25) is 4.87 Å². The highest BCUT2D eigenvalue weighted by Crippen LogP contribution is 2.48. The van der Waals surface area contributed by atoms with Gasteiger partial charge >= 0.3 is 0 Å². The fourth-order valence-corrected chi connectivity index (χ4v) is 4.11. The molecule has 8 heteroatoms. The summed E-state index contributed by atoms with van der Waals surface area (Å²) < 4.78 is 1.56. The van der Waals surface area contributed by atoms with E-state index in [2.05, 4.69) is 0 Å². The second kappa shape index (κ2) is 5.51. The van der Waals surface area contributed by atoms with E-state index in [9.17, 15) is 15.3 Å². The number of nitro benzene ring substituents is 1. The Morgan fingerprint density at radius 3 is 2.18 bits per heavy atom. The lowest BCUT2D eigenvalue weighted by molar-refractivity contribution is -0.522. The van der Waals surface area contributed by atoms with Gasteiger partial charge in [-0.05, 0) is 37.7 Å². The second-order valence-corrected chi connectivity index (χ2v) is 7.80. The minimum Gasteiger partial charge on any atom is -0.623 e. The Morgan fingerprint density at radius 2 is 1.77 bits per heavy atom. The fraction of sp³-hybridized carbons (Fsp3) is 0.429. The number of rotatable bonds is 3. The third-order valence-electron chi connectivity index (χ3n) is 4.32. The van der Waals surface area contributed by atoms with Crippen LogP contribution >= 0.6 is 24.0 Å². The van der Waals surface area contributed by atoms with Crippen molar-refractivity contribution < 1.29 is 9.66 Å². The van der Waals surface area contributed by atoms with Gasteiger partial charge < -0.3 is 10.1 Å². The molecule has 1 aliphatic heterocycles. The largest absolute Gasteiger partial charge is 0.623 e. The predicted octanol–water partition coefficient (Wildman–Crippen LogP) is 2.98. The molecule has 1 fully saturated rings. The number of nitro groups is 1. The number of thioether (sulfide) groups is 1. The monoisotopic (exact) mass is 339 g/mol. The van der Waals surface area contributed by atoms with Crippen LogP contribution in [0.3, 0.4) is 0 Å². The van der Waals surface area contributed by atoms with Crippen molar-refractivity contribution in [1.29, 1.82) is 0 Å². The van der Waals surface area contributed by atoms with E-state index in [0.29, 0.717) is 9.88 Å². The standard InChI is InChI=1S/C14H17N3O3S2/c1-13(2)14(3,22-12(21)15(13)4)16(18)9-10-5-7-11(8-6-10)17(19)20/h5-9H,1-4H3. The molecule has 0 N–H and O–H groups in total. The van der Waals surface area contributed by atoms with E-state index >= 15 is 0 Å². The summed E-state index contributed by atoms with van der Waals surface area (Å²) in [5.41, 5.74) is 0.157. The first-order valence-corrected chi connectivity index (χ1v) is 7.84. The zero-order chi connectivity index (χ0) is 16.7. The highest BCUT2D eigenvalue weighted by atomic mass is 32.2. The molecule has 6 nitrogen and oxygen atoms in total. The van der Waals surface area contributed by atoms with Crippen LogP contribution in [0.25, 0.3) is 0 Å². The van der Waals surface area contributed by atoms with Crippen molar-refractivity contribution in [2.45, 2.75) is 31.2 Å². The molecule has 1 heterocycles. The maximum Gasteiger partial charge on any atom is 0.269 e. The average molecular weight is 339 g/mol. The number of hydroxylamine groups is 1. The SMILES string of the molecule is CN1C(=S)SC(C)([N+]([O-])=Cc2ccc([N+](=O)[O-])cc2)C1(C)C. The Hall–Kier alpha value is -1.67. The third-order valence-corrected chi connectivity index (χ3v) is 6.37. The Balaban J connectivity index is 2.36. The zero-order valence-corrected chi connectivity index (χ0v) is 14.4. The quantitative estimate of drug-likeness (QED) is 0.210. The summed E-state index contributed by atoms with van der Waals surface area (Å²) in [6, 6.07) is 5.87. The molecule has 0 aliphatic carbocycles. The van der Waals surface area contributed by atoms with Gasteiger partial charge in [0.1, 0.15) is 9.86 Å². The summed E-state index contributed by atoms with van der Waals surface area (Å²) in [7, 11) is 1.88. The van der Waals surface area contributed by atoms with Crippen molar-refractivity contribution in [3.05, 3.63) is 45.2 Å². The summed E-state index contributed by atoms with van der Waals surface area (Å²) in [6.45, 7) is 5.78. The number of hydrogen-bond donors (Lipinski definition) is 0. The molecule has 0 aromatic heterocycles. The van der Waals surface area contributed by atoms with Crippen LogP contribution in [-0.4, -0.2) is 42.6 Å². The van der Waals surface area contributed by atoms with Crippen LogP contribution in [0.4, 0.5) is 5.69 Å². The second-order valence-electron chi connectivity index (χ2n) is 5.77. The molecule has 0 amide bonds. The summed E-state index contributed by atoms with van der Waals surface area (Å²) in [4.78, 5) is 11.3. The van der Waals surface area contributed by atoms with E-state index < -0.39 is 15.3 Å². The molecular weight excluding hydrogens is 322 g/mol. The summed E-state index contributed by atoms with van der Waals surface area (Å²) in [6.07, 6.45) is 1.44. The highest BCUT2D eigenvalue weighted by molar-refractivity contribution is 8.24. The van der Waals surface area contributed by atoms with Crippen LogP contribution in [0.1, 0.15) is 26.3 Å². The Labute approximate surface area is 138 Å². The van der Waals surface area contributed by atoms with Crippen LogP contribution in [0.5, 0.6) is 0 Å². The first-order chi connectivity index (χ1) is 10.1. The van der Waals surface area contributed by atoms with Crippen LogP contribution in [0.15, 0.2) is 24.3 Å². The number of benzene rings is 1. The number of non-ortho nitro benzene ring substituents is 1. The molecule has 118 valence electrons. The van der Waals surface area contributed by atoms with Gasteiger partial charge in [0, 0.05) is 31.7 Å². The summed E-state index contributed by atoms with van der Waals surface area (Å²) in [5.74, 6) is 0. The lowest BCUT2D eigenvalue weighted by Crippen LogP contribution is -2.55. The van der Waals surface area contributed by atoms with Gasteiger partial charge in [0.15, 0.2) is 6.21 Å². The Bertz CT molecular complexity index is 658. The van der Waals surface area contributed by atoms with Crippen molar-refractivity contribution >= 4 is 40.2 Å². The van der Waals surface area contributed by atoms with Gasteiger partial charge in [-0.3, -0.25) is 10.1 Å². The minimum absolute atomic E-state index is 0.00251. The van der Waals surface area contributed by atoms with Crippen molar-refractivity contribution in [2.24, 2.45) is 0 Å². The van der Waals surface area contributed by atoms with Gasteiger partial charge in [-0.15, -0.1) is 0 Å². The molecule has 1 aliphatic rings. The van der Waals surface area contributed by atoms with Crippen molar-refractivity contribution in [1.82, 2.24) is 4.90 Å². The lowest BCUT2D eigenvalue weighted by Gasteiger charge is -2.37. The molecule has 1 saturated heterocycles. The third kappa shape index (κ3) is 2.56. The normalized spacial score (nSPS) is 24.6. The van der Waals surface area contributed by atoms with Crippen LogP contribution in [0, 0.1) is 15.3 Å². The topological polar surface area (TPSA) is 72.5 Å². The minimum atomic E-state index is -0.777. The summed E-state index contributed by atoms with van der Waals surface area (Å²) in [5, 5.41) is 23.3. The van der Waals surface area contributed by atoms with Gasteiger partial charge in [-0.25, -0.2) is 0 Å². The Morgan fingerprint density at radius 1 is 1.23 bits per heavy atom. The van der Waals surface area contributed by atoms with Crippen LogP contribution in [0.2, 0.25) is 0 Å². The van der Waals surface area contributed by atoms with Crippen molar-refractivity contribution in [3.63, 3.8) is 0 Å². The van der Waals surface area contributed by atoms with E-state index in [1.165, 1.54) is 30.1 Å². The first kappa shape index (κ1) is 16.7. The van der Waals surface area contributed by atoms with Crippen LogP contribution in [-0.2, 0) is 0 Å². The molecule has 22 heavy (non-hydrogen) atoms. The van der Waals surface area contributed by atoms with Crippen molar-refractivity contribution in [3.8, 4) is 0 Å².